The summed E-state index contributed by atoms with van der Waals surface area (Å²) in [4.78, 5) is 17.3. The summed E-state index contributed by atoms with van der Waals surface area (Å²) in [6.07, 6.45) is 2.58. The van der Waals surface area contributed by atoms with E-state index in [4.69, 9.17) is 11.6 Å². The van der Waals surface area contributed by atoms with Gasteiger partial charge in [-0.1, -0.05) is 11.6 Å². The minimum atomic E-state index is -3.86. The van der Waals surface area contributed by atoms with E-state index in [2.05, 4.69) is 20.9 Å². The average Bonchev–Trinajstić information content (AvgIpc) is 2.90. The fourth-order valence-corrected chi connectivity index (χ4v) is 4.86. The molecule has 1 unspecified atom stereocenters. The van der Waals surface area contributed by atoms with Crippen molar-refractivity contribution in [3.63, 3.8) is 0 Å². The van der Waals surface area contributed by atoms with Crippen molar-refractivity contribution in [2.75, 3.05) is 20.6 Å². The Morgan fingerprint density at radius 1 is 1.52 bits per heavy atom. The van der Waals surface area contributed by atoms with Gasteiger partial charge in [-0.15, -0.1) is 0 Å². The molecule has 6 nitrogen and oxygen atoms in total. The monoisotopic (exact) mass is 395 g/mol. The number of carbonyl (C=O) groups excluding carboxylic acids is 1. The zero-order valence-corrected chi connectivity index (χ0v) is 14.7. The third-order valence-corrected chi connectivity index (χ3v) is 6.06. The van der Waals surface area contributed by atoms with E-state index < -0.39 is 16.1 Å². The molecule has 0 radical (unpaired) electrons. The molecule has 0 N–H and O–H groups in total. The van der Waals surface area contributed by atoms with Crippen molar-refractivity contribution >= 4 is 43.5 Å². The summed E-state index contributed by atoms with van der Waals surface area (Å²) in [5.41, 5.74) is 0. The number of likely N-dealkylation sites (N-methyl/N-ethyl adjacent to an activating group) is 1. The molecule has 116 valence electrons. The van der Waals surface area contributed by atoms with Crippen molar-refractivity contribution in [2.45, 2.75) is 23.8 Å². The van der Waals surface area contributed by atoms with E-state index in [1.54, 1.807) is 14.1 Å². The fraction of sp³-hybridized carbons (Fsp3) is 0.500. The molecule has 0 aromatic carbocycles. The van der Waals surface area contributed by atoms with E-state index >= 15 is 0 Å². The van der Waals surface area contributed by atoms with Crippen LogP contribution in [-0.2, 0) is 14.8 Å². The maximum atomic E-state index is 12.8. The summed E-state index contributed by atoms with van der Waals surface area (Å²) in [5.74, 6) is -0.227. The Balaban J connectivity index is 2.43. The highest BCUT2D eigenvalue weighted by Crippen LogP contribution is 2.31. The zero-order valence-electron chi connectivity index (χ0n) is 11.6. The van der Waals surface area contributed by atoms with Crippen molar-refractivity contribution in [3.05, 3.63) is 21.9 Å². The van der Waals surface area contributed by atoms with Crippen LogP contribution >= 0.6 is 27.5 Å². The number of pyridine rings is 1. The molecule has 1 fully saturated rings. The van der Waals surface area contributed by atoms with E-state index in [0.717, 1.165) is 0 Å². The minimum Gasteiger partial charge on any atom is -0.347 e. The molecule has 9 heteroatoms. The van der Waals surface area contributed by atoms with Crippen molar-refractivity contribution in [3.8, 4) is 0 Å². The molecule has 2 rings (SSSR count). The molecule has 1 aliphatic rings. The lowest BCUT2D eigenvalue weighted by Crippen LogP contribution is -2.45. The quantitative estimate of drug-likeness (QED) is 0.730. The van der Waals surface area contributed by atoms with Gasteiger partial charge in [-0.25, -0.2) is 13.4 Å². The highest BCUT2D eigenvalue weighted by molar-refractivity contribution is 9.10. The molecule has 1 atom stereocenters. The number of hydrogen-bond acceptors (Lipinski definition) is 4. The predicted molar refractivity (Wildman–Crippen MR) is 82.6 cm³/mol. The van der Waals surface area contributed by atoms with Crippen LogP contribution in [0.15, 0.2) is 21.6 Å². The van der Waals surface area contributed by atoms with Crippen molar-refractivity contribution in [1.82, 2.24) is 14.2 Å². The Morgan fingerprint density at radius 2 is 2.19 bits per heavy atom. The van der Waals surface area contributed by atoms with Crippen LogP contribution in [-0.4, -0.2) is 55.2 Å². The second-order valence-electron chi connectivity index (χ2n) is 4.95. The van der Waals surface area contributed by atoms with Crippen LogP contribution in [0.2, 0.25) is 5.15 Å². The van der Waals surface area contributed by atoms with Crippen LogP contribution in [0.25, 0.3) is 0 Å². The van der Waals surface area contributed by atoms with Gasteiger partial charge in [0.05, 0.1) is 0 Å². The van der Waals surface area contributed by atoms with Gasteiger partial charge >= 0.3 is 0 Å². The first-order valence-electron chi connectivity index (χ1n) is 6.29. The van der Waals surface area contributed by atoms with Gasteiger partial charge < -0.3 is 4.90 Å². The molecule has 1 saturated heterocycles. The van der Waals surface area contributed by atoms with Gasteiger partial charge in [-0.2, -0.15) is 4.31 Å². The summed E-state index contributed by atoms with van der Waals surface area (Å²) in [6.45, 7) is 0.301. The Kier molecular flexibility index (Phi) is 4.92. The summed E-state index contributed by atoms with van der Waals surface area (Å²) in [7, 11) is -0.638. The largest absolute Gasteiger partial charge is 0.347 e. The molecule has 1 amide bonds. The van der Waals surface area contributed by atoms with Gasteiger partial charge in [0, 0.05) is 31.3 Å². The second-order valence-corrected chi connectivity index (χ2v) is 8.08. The van der Waals surface area contributed by atoms with Gasteiger partial charge in [0.15, 0.2) is 0 Å². The van der Waals surface area contributed by atoms with Crippen LogP contribution in [0, 0.1) is 0 Å². The minimum absolute atomic E-state index is 0.0861. The molecule has 0 saturated carbocycles. The summed E-state index contributed by atoms with van der Waals surface area (Å²) in [5, 5.41) is -0.0962. The standard InChI is InChI=1S/C12H15BrClN3O3S/c1-16(2)12(18)9-4-3-5-17(9)21(19,20)10-6-8(13)7-15-11(10)14/h6-7,9H,3-5H2,1-2H3. The lowest BCUT2D eigenvalue weighted by Gasteiger charge is -2.25. The third kappa shape index (κ3) is 3.23. The van der Waals surface area contributed by atoms with E-state index in [9.17, 15) is 13.2 Å². The number of sulfonamides is 1. The molecule has 2 heterocycles. The molecule has 1 aliphatic heterocycles. The molecule has 1 aromatic heterocycles. The van der Waals surface area contributed by atoms with E-state index in [1.807, 2.05) is 0 Å². The number of nitrogens with zero attached hydrogens (tertiary/aromatic N) is 3. The van der Waals surface area contributed by atoms with Crippen molar-refractivity contribution < 1.29 is 13.2 Å². The number of rotatable bonds is 3. The number of halogens is 2. The van der Waals surface area contributed by atoms with Gasteiger partial charge in [-0.3, -0.25) is 4.79 Å². The number of hydrogen-bond donors (Lipinski definition) is 0. The van der Waals surface area contributed by atoms with Crippen LogP contribution in [0.3, 0.4) is 0 Å². The van der Waals surface area contributed by atoms with E-state index in [0.29, 0.717) is 23.9 Å². The number of carbonyl (C=O) groups is 1. The van der Waals surface area contributed by atoms with Crippen LogP contribution in [0.5, 0.6) is 0 Å². The smallest absolute Gasteiger partial charge is 0.246 e. The number of aromatic nitrogens is 1. The van der Waals surface area contributed by atoms with Gasteiger partial charge in [-0.05, 0) is 34.8 Å². The maximum absolute atomic E-state index is 12.8. The molecule has 0 bridgehead atoms. The Morgan fingerprint density at radius 3 is 2.81 bits per heavy atom. The van der Waals surface area contributed by atoms with E-state index in [-0.39, 0.29) is 16.0 Å². The van der Waals surface area contributed by atoms with Crippen LogP contribution < -0.4 is 0 Å². The first-order valence-corrected chi connectivity index (χ1v) is 8.90. The molecule has 0 spiro atoms. The molecular weight excluding hydrogens is 382 g/mol. The van der Waals surface area contributed by atoms with E-state index in [1.165, 1.54) is 21.5 Å². The molecule has 21 heavy (non-hydrogen) atoms. The zero-order chi connectivity index (χ0) is 15.8. The van der Waals surface area contributed by atoms with Gasteiger partial charge in [0.25, 0.3) is 0 Å². The first-order chi connectivity index (χ1) is 9.75. The summed E-state index contributed by atoms with van der Waals surface area (Å²) in [6, 6.07) is 0.722. The lowest BCUT2D eigenvalue weighted by atomic mass is 10.2. The molecular formula is C12H15BrClN3O3S. The normalized spacial score (nSPS) is 19.7. The van der Waals surface area contributed by atoms with Crippen molar-refractivity contribution in [1.29, 1.82) is 0 Å². The van der Waals surface area contributed by atoms with Gasteiger partial charge in [0.2, 0.25) is 15.9 Å². The summed E-state index contributed by atoms with van der Waals surface area (Å²) < 4.78 is 27.2. The Hall–Kier alpha value is -0.700. The van der Waals surface area contributed by atoms with Crippen LogP contribution in [0.4, 0.5) is 0 Å². The molecule has 0 aliphatic carbocycles. The topological polar surface area (TPSA) is 70.6 Å². The van der Waals surface area contributed by atoms with Gasteiger partial charge in [0.1, 0.15) is 16.1 Å². The molecule has 1 aromatic rings. The Bertz CT molecular complexity index is 666. The second kappa shape index (κ2) is 6.20. The highest BCUT2D eigenvalue weighted by atomic mass is 79.9. The Labute approximate surface area is 137 Å². The average molecular weight is 397 g/mol. The van der Waals surface area contributed by atoms with Crippen LogP contribution in [0.1, 0.15) is 12.8 Å². The third-order valence-electron chi connectivity index (χ3n) is 3.29. The number of amides is 1. The lowest BCUT2D eigenvalue weighted by molar-refractivity contribution is -0.132. The predicted octanol–water partition coefficient (Wildman–Crippen LogP) is 1.74. The highest BCUT2D eigenvalue weighted by Gasteiger charge is 2.41. The first kappa shape index (κ1) is 16.7. The maximum Gasteiger partial charge on any atom is 0.246 e. The fourth-order valence-electron chi connectivity index (χ4n) is 2.28. The summed E-state index contributed by atoms with van der Waals surface area (Å²) >= 11 is 9.10. The van der Waals surface area contributed by atoms with Crippen molar-refractivity contribution in [2.24, 2.45) is 0 Å². The SMILES string of the molecule is CN(C)C(=O)C1CCCN1S(=O)(=O)c1cc(Br)cnc1Cl.